The number of amides is 1. The molecule has 136 valence electrons. The van der Waals surface area contributed by atoms with Crippen LogP contribution in [0.25, 0.3) is 0 Å². The molecule has 1 fully saturated rings. The van der Waals surface area contributed by atoms with Gasteiger partial charge >= 0.3 is 0 Å². The van der Waals surface area contributed by atoms with Crippen LogP contribution in [0, 0.1) is 5.92 Å². The van der Waals surface area contributed by atoms with E-state index in [9.17, 15) is 4.79 Å². The van der Waals surface area contributed by atoms with Crippen LogP contribution in [0.15, 0.2) is 71.5 Å². The maximum absolute atomic E-state index is 12.7. The van der Waals surface area contributed by atoms with Gasteiger partial charge in [0.05, 0.1) is 12.5 Å². The van der Waals surface area contributed by atoms with E-state index in [0.29, 0.717) is 12.3 Å². The van der Waals surface area contributed by atoms with Gasteiger partial charge in [-0.05, 0) is 32.3 Å². The van der Waals surface area contributed by atoms with Crippen LogP contribution in [0.2, 0.25) is 0 Å². The van der Waals surface area contributed by atoms with Gasteiger partial charge in [0, 0.05) is 24.4 Å². The van der Waals surface area contributed by atoms with Gasteiger partial charge < -0.3 is 10.2 Å². The molecule has 1 saturated heterocycles. The lowest BCUT2D eigenvalue weighted by atomic mass is 9.97. The highest BCUT2D eigenvalue weighted by molar-refractivity contribution is 5.94. The van der Waals surface area contributed by atoms with E-state index in [1.165, 1.54) is 0 Å². The molecule has 3 rings (SSSR count). The number of nitrogens with zero attached hydrogens (tertiary/aromatic N) is 2. The van der Waals surface area contributed by atoms with Crippen molar-refractivity contribution in [3.63, 3.8) is 0 Å². The Morgan fingerprint density at radius 1 is 1.35 bits per heavy atom. The fourth-order valence-electron chi connectivity index (χ4n) is 3.27. The average Bonchev–Trinajstić information content (AvgIpc) is 2.65. The Hall–Kier alpha value is -2.62. The van der Waals surface area contributed by atoms with Crippen molar-refractivity contribution < 1.29 is 4.79 Å². The predicted octanol–water partition coefficient (Wildman–Crippen LogP) is 3.83. The highest BCUT2D eigenvalue weighted by Gasteiger charge is 2.35. The quantitative estimate of drug-likeness (QED) is 0.840. The van der Waals surface area contributed by atoms with E-state index in [0.717, 1.165) is 42.1 Å². The fourth-order valence-corrected chi connectivity index (χ4v) is 3.27. The Morgan fingerprint density at radius 2 is 2.12 bits per heavy atom. The third kappa shape index (κ3) is 4.31. The van der Waals surface area contributed by atoms with E-state index in [1.807, 2.05) is 55.3 Å². The Morgan fingerprint density at radius 3 is 2.77 bits per heavy atom. The SMILES string of the molecule is C=C(C)C1/C=C/N=C([C@@H]2CCN2C(=O)Cc2ccccc2)N/C(C)=C/C1. The number of amidine groups is 1. The topological polar surface area (TPSA) is 44.7 Å². The zero-order chi connectivity index (χ0) is 18.5. The molecular formula is C22H27N3O. The van der Waals surface area contributed by atoms with Crippen molar-refractivity contribution in [3.8, 4) is 0 Å². The molecule has 0 aliphatic carbocycles. The molecular weight excluding hydrogens is 322 g/mol. The van der Waals surface area contributed by atoms with E-state index in [1.54, 1.807) is 0 Å². The average molecular weight is 349 g/mol. The second kappa shape index (κ2) is 8.17. The lowest BCUT2D eigenvalue weighted by Gasteiger charge is -2.41. The lowest BCUT2D eigenvalue weighted by molar-refractivity contribution is -0.135. The molecule has 1 N–H and O–H groups in total. The first kappa shape index (κ1) is 18.2. The van der Waals surface area contributed by atoms with Crippen molar-refractivity contribution in [2.75, 3.05) is 6.54 Å². The minimum Gasteiger partial charge on any atom is -0.346 e. The second-order valence-corrected chi connectivity index (χ2v) is 7.11. The molecule has 4 heteroatoms. The second-order valence-electron chi connectivity index (χ2n) is 7.11. The molecule has 2 aliphatic heterocycles. The molecule has 2 heterocycles. The zero-order valence-electron chi connectivity index (χ0n) is 15.6. The monoisotopic (exact) mass is 349 g/mol. The number of rotatable bonds is 4. The van der Waals surface area contributed by atoms with Gasteiger partial charge in [-0.3, -0.25) is 4.79 Å². The number of aliphatic imine (C=N–C) groups is 1. The van der Waals surface area contributed by atoms with Gasteiger partial charge in [0.25, 0.3) is 0 Å². The van der Waals surface area contributed by atoms with Gasteiger partial charge in [-0.2, -0.15) is 0 Å². The molecule has 1 aromatic carbocycles. The zero-order valence-corrected chi connectivity index (χ0v) is 15.6. The molecule has 0 aromatic heterocycles. The highest BCUT2D eigenvalue weighted by Crippen LogP contribution is 2.22. The molecule has 1 unspecified atom stereocenters. The van der Waals surface area contributed by atoms with Crippen molar-refractivity contribution in [1.82, 2.24) is 10.2 Å². The summed E-state index contributed by atoms with van der Waals surface area (Å²) < 4.78 is 0. The van der Waals surface area contributed by atoms with E-state index in [4.69, 9.17) is 0 Å². The van der Waals surface area contributed by atoms with Crippen LogP contribution in [0.5, 0.6) is 0 Å². The number of hydrogen-bond acceptors (Lipinski definition) is 3. The van der Waals surface area contributed by atoms with Crippen molar-refractivity contribution in [2.45, 2.75) is 39.2 Å². The van der Waals surface area contributed by atoms with Gasteiger partial charge in [-0.25, -0.2) is 4.99 Å². The molecule has 2 atom stereocenters. The first-order valence-corrected chi connectivity index (χ1v) is 9.21. The van der Waals surface area contributed by atoms with E-state index >= 15 is 0 Å². The number of nitrogens with one attached hydrogen (secondary N) is 1. The molecule has 1 aromatic rings. The summed E-state index contributed by atoms with van der Waals surface area (Å²) in [7, 11) is 0. The fraction of sp³-hybridized carbons (Fsp3) is 0.364. The Balaban J connectivity index is 1.72. The van der Waals surface area contributed by atoms with Crippen molar-refractivity contribution in [3.05, 3.63) is 72.1 Å². The van der Waals surface area contributed by atoms with Crippen molar-refractivity contribution in [2.24, 2.45) is 10.9 Å². The Bertz CT molecular complexity index is 761. The number of hydrogen-bond donors (Lipinski definition) is 1. The molecule has 1 amide bonds. The highest BCUT2D eigenvalue weighted by atomic mass is 16.2. The van der Waals surface area contributed by atoms with Crippen LogP contribution >= 0.6 is 0 Å². The third-order valence-corrected chi connectivity index (χ3v) is 5.02. The largest absolute Gasteiger partial charge is 0.346 e. The van der Waals surface area contributed by atoms with Crippen LogP contribution < -0.4 is 5.32 Å². The standard InChI is InChI=1S/C22H27N3O/c1-16(2)19-10-9-17(3)24-22(23-13-11-19)20-12-14-25(20)21(26)15-18-7-5-4-6-8-18/h4-9,11,13,19-20H,1,10,12,14-15H2,2-3H3,(H,23,24)/b13-11+,17-9+/t19?,20-/m0/s1. The molecule has 0 saturated carbocycles. The summed E-state index contributed by atoms with van der Waals surface area (Å²) in [5.41, 5.74) is 3.25. The summed E-state index contributed by atoms with van der Waals surface area (Å²) in [4.78, 5) is 19.3. The summed E-state index contributed by atoms with van der Waals surface area (Å²) in [6.07, 6.45) is 8.42. The molecule has 0 bridgehead atoms. The summed E-state index contributed by atoms with van der Waals surface area (Å²) in [6.45, 7) is 8.94. The van der Waals surface area contributed by atoms with Gasteiger partial charge in [-0.1, -0.05) is 54.6 Å². The molecule has 26 heavy (non-hydrogen) atoms. The van der Waals surface area contributed by atoms with E-state index in [-0.39, 0.29) is 11.9 Å². The summed E-state index contributed by atoms with van der Waals surface area (Å²) in [5, 5.41) is 3.41. The minimum absolute atomic E-state index is 0.0283. The van der Waals surface area contributed by atoms with Crippen molar-refractivity contribution in [1.29, 1.82) is 0 Å². The molecule has 2 aliphatic rings. The first-order chi connectivity index (χ1) is 12.5. The third-order valence-electron chi connectivity index (χ3n) is 5.02. The van der Waals surface area contributed by atoms with Gasteiger partial charge in [-0.15, -0.1) is 0 Å². The summed E-state index contributed by atoms with van der Waals surface area (Å²) in [5.74, 6) is 1.30. The minimum atomic E-state index is 0.0283. The van der Waals surface area contributed by atoms with Crippen LogP contribution in [0.4, 0.5) is 0 Å². The van der Waals surface area contributed by atoms with Crippen molar-refractivity contribution >= 4 is 11.7 Å². The maximum Gasteiger partial charge on any atom is 0.227 e. The Kier molecular flexibility index (Phi) is 5.71. The summed E-state index contributed by atoms with van der Waals surface area (Å²) in [6, 6.07) is 9.93. The summed E-state index contributed by atoms with van der Waals surface area (Å²) >= 11 is 0. The lowest BCUT2D eigenvalue weighted by Crippen LogP contribution is -2.58. The predicted molar refractivity (Wildman–Crippen MR) is 107 cm³/mol. The van der Waals surface area contributed by atoms with Gasteiger partial charge in [0.2, 0.25) is 5.91 Å². The van der Waals surface area contributed by atoms with Gasteiger partial charge in [0.1, 0.15) is 5.84 Å². The normalized spacial score (nSPS) is 26.0. The number of allylic oxidation sites excluding steroid dienone is 4. The molecule has 0 radical (unpaired) electrons. The first-order valence-electron chi connectivity index (χ1n) is 9.21. The number of benzene rings is 1. The maximum atomic E-state index is 12.7. The van der Waals surface area contributed by atoms with Crippen LogP contribution in [0.1, 0.15) is 32.3 Å². The molecule has 0 spiro atoms. The van der Waals surface area contributed by atoms with Gasteiger partial charge in [0.15, 0.2) is 0 Å². The van der Waals surface area contributed by atoms with Crippen LogP contribution in [0.3, 0.4) is 0 Å². The Labute approximate surface area is 156 Å². The van der Waals surface area contributed by atoms with E-state index < -0.39 is 0 Å². The van der Waals surface area contributed by atoms with E-state index in [2.05, 4.69) is 29.0 Å². The molecule has 4 nitrogen and oxygen atoms in total. The number of carbonyl (C=O) groups excluding carboxylic acids is 1. The smallest absolute Gasteiger partial charge is 0.227 e. The van der Waals surface area contributed by atoms with Crippen LogP contribution in [-0.4, -0.2) is 29.2 Å². The number of carbonyl (C=O) groups is 1. The number of likely N-dealkylation sites (tertiary alicyclic amines) is 1. The van der Waals surface area contributed by atoms with Crippen LogP contribution in [-0.2, 0) is 11.2 Å².